The second-order valence-electron chi connectivity index (χ2n) is 7.30. The molecule has 3 N–H and O–H groups in total. The van der Waals surface area contributed by atoms with Gasteiger partial charge in [0.05, 0.1) is 13.0 Å². The van der Waals surface area contributed by atoms with Crippen molar-refractivity contribution in [2.45, 2.75) is 32.1 Å². The maximum Gasteiger partial charge on any atom is 0.306 e. The van der Waals surface area contributed by atoms with Crippen molar-refractivity contribution >= 4 is 29.4 Å². The van der Waals surface area contributed by atoms with Crippen LogP contribution in [0.3, 0.4) is 0 Å². The molecular formula is C23H25N3O5. The van der Waals surface area contributed by atoms with Gasteiger partial charge in [0.15, 0.2) is 0 Å². The molecular weight excluding hydrogens is 398 g/mol. The van der Waals surface area contributed by atoms with Crippen LogP contribution in [-0.4, -0.2) is 30.3 Å². The number of nitrogens with one attached hydrogen (secondary N) is 3. The Kier molecular flexibility index (Phi) is 7.75. The molecule has 3 amide bonds. The highest BCUT2D eigenvalue weighted by atomic mass is 16.5. The molecule has 1 fully saturated rings. The number of ether oxygens (including phenoxy) is 1. The van der Waals surface area contributed by atoms with Gasteiger partial charge in [0, 0.05) is 30.0 Å². The normalized spacial score (nSPS) is 12.5. The van der Waals surface area contributed by atoms with Crippen LogP contribution in [0.1, 0.15) is 41.6 Å². The molecule has 2 aromatic rings. The predicted molar refractivity (Wildman–Crippen MR) is 114 cm³/mol. The minimum Gasteiger partial charge on any atom is -0.465 e. The molecule has 0 radical (unpaired) electrons. The molecule has 1 saturated carbocycles. The van der Waals surface area contributed by atoms with Crippen LogP contribution >= 0.6 is 0 Å². The second-order valence-corrected chi connectivity index (χ2v) is 7.30. The van der Waals surface area contributed by atoms with E-state index in [-0.39, 0.29) is 31.3 Å². The first-order valence-corrected chi connectivity index (χ1v) is 10.2. The average molecular weight is 423 g/mol. The number of anilines is 1. The molecule has 0 heterocycles. The predicted octanol–water partition coefficient (Wildman–Crippen LogP) is 2.36. The average Bonchev–Trinajstić information content (AvgIpc) is 3.63. The first-order chi connectivity index (χ1) is 15.0. The van der Waals surface area contributed by atoms with E-state index >= 15 is 0 Å². The topological polar surface area (TPSA) is 114 Å². The van der Waals surface area contributed by atoms with Crippen LogP contribution in [-0.2, 0) is 25.5 Å². The summed E-state index contributed by atoms with van der Waals surface area (Å²) in [5.41, 5.74) is 6.57. The van der Waals surface area contributed by atoms with E-state index in [4.69, 9.17) is 4.74 Å². The first kappa shape index (κ1) is 22.0. The van der Waals surface area contributed by atoms with Gasteiger partial charge in [-0.2, -0.15) is 0 Å². The fourth-order valence-corrected chi connectivity index (χ4v) is 2.77. The van der Waals surface area contributed by atoms with E-state index < -0.39 is 17.8 Å². The van der Waals surface area contributed by atoms with E-state index in [0.717, 1.165) is 18.4 Å². The molecule has 162 valence electrons. The summed E-state index contributed by atoms with van der Waals surface area (Å²) in [5.74, 6) is -1.39. The molecule has 0 saturated heterocycles. The Balaban J connectivity index is 1.30. The van der Waals surface area contributed by atoms with Gasteiger partial charge in [-0.3, -0.25) is 30.0 Å². The minimum atomic E-state index is -0.501. The monoisotopic (exact) mass is 423 g/mol. The lowest BCUT2D eigenvalue weighted by molar-refractivity contribution is -0.144. The summed E-state index contributed by atoms with van der Waals surface area (Å²) in [6.45, 7) is 0.248. The van der Waals surface area contributed by atoms with Gasteiger partial charge in [-0.05, 0) is 42.7 Å². The van der Waals surface area contributed by atoms with E-state index in [1.807, 2.05) is 30.3 Å². The summed E-state index contributed by atoms with van der Waals surface area (Å²) in [6, 6.07) is 16.0. The van der Waals surface area contributed by atoms with Crippen molar-refractivity contribution in [1.82, 2.24) is 10.9 Å². The molecule has 1 aliphatic rings. The molecule has 0 aromatic heterocycles. The van der Waals surface area contributed by atoms with Crippen molar-refractivity contribution in [3.8, 4) is 0 Å². The zero-order valence-corrected chi connectivity index (χ0v) is 17.1. The van der Waals surface area contributed by atoms with Gasteiger partial charge in [0.1, 0.15) is 0 Å². The lowest BCUT2D eigenvalue weighted by Crippen LogP contribution is -2.41. The van der Waals surface area contributed by atoms with Gasteiger partial charge in [0.2, 0.25) is 11.8 Å². The van der Waals surface area contributed by atoms with E-state index in [1.165, 1.54) is 0 Å². The number of esters is 1. The zero-order valence-electron chi connectivity index (χ0n) is 17.1. The number of carbonyl (C=O) groups is 4. The highest BCUT2D eigenvalue weighted by molar-refractivity contribution is 5.97. The largest absolute Gasteiger partial charge is 0.465 e. The fourth-order valence-electron chi connectivity index (χ4n) is 2.77. The molecule has 0 unspecified atom stereocenters. The summed E-state index contributed by atoms with van der Waals surface area (Å²) in [6.07, 6.45) is 2.26. The lowest BCUT2D eigenvalue weighted by Gasteiger charge is -2.09. The maximum atomic E-state index is 12.1. The SMILES string of the molecule is O=C(CCC(=O)OCCc1ccccc1)NNC(=O)c1ccc(NC(=O)C2CC2)cc1. The van der Waals surface area contributed by atoms with Crippen LogP contribution < -0.4 is 16.2 Å². The Morgan fingerprint density at radius 3 is 2.26 bits per heavy atom. The minimum absolute atomic E-state index is 0.0111. The van der Waals surface area contributed by atoms with Crippen molar-refractivity contribution in [3.05, 3.63) is 65.7 Å². The van der Waals surface area contributed by atoms with E-state index in [2.05, 4.69) is 16.2 Å². The molecule has 0 atom stereocenters. The van der Waals surface area contributed by atoms with Gasteiger partial charge in [-0.25, -0.2) is 0 Å². The lowest BCUT2D eigenvalue weighted by atomic mass is 10.2. The van der Waals surface area contributed by atoms with Crippen molar-refractivity contribution in [2.75, 3.05) is 11.9 Å². The summed E-state index contributed by atoms with van der Waals surface area (Å²) in [5, 5.41) is 2.79. The fraction of sp³-hybridized carbons (Fsp3) is 0.304. The number of carbonyl (C=O) groups excluding carboxylic acids is 4. The number of amides is 3. The number of rotatable bonds is 9. The van der Waals surface area contributed by atoms with Crippen molar-refractivity contribution in [2.24, 2.45) is 5.92 Å². The Labute approximate surface area is 180 Å². The molecule has 0 bridgehead atoms. The molecule has 0 aliphatic heterocycles. The molecule has 3 rings (SSSR count). The summed E-state index contributed by atoms with van der Waals surface area (Å²) in [7, 11) is 0. The zero-order chi connectivity index (χ0) is 22.1. The number of benzene rings is 2. The molecule has 2 aromatic carbocycles. The summed E-state index contributed by atoms with van der Waals surface area (Å²) in [4.78, 5) is 47.4. The van der Waals surface area contributed by atoms with Crippen LogP contribution in [0.5, 0.6) is 0 Å². The molecule has 0 spiro atoms. The molecule has 1 aliphatic carbocycles. The standard InChI is InChI=1S/C23H25N3O5/c27-20(12-13-21(28)31-15-14-16-4-2-1-3-5-16)25-26-23(30)18-8-10-19(11-9-18)24-22(29)17-6-7-17/h1-5,8-11,17H,6-7,12-15H2,(H,24,29)(H,25,27)(H,26,30). The van der Waals surface area contributed by atoms with Gasteiger partial charge in [-0.1, -0.05) is 30.3 Å². The van der Waals surface area contributed by atoms with Crippen LogP contribution in [0.25, 0.3) is 0 Å². The summed E-state index contributed by atoms with van der Waals surface area (Å²) >= 11 is 0. The highest BCUT2D eigenvalue weighted by Crippen LogP contribution is 2.30. The van der Waals surface area contributed by atoms with E-state index in [1.54, 1.807) is 24.3 Å². The Morgan fingerprint density at radius 2 is 1.58 bits per heavy atom. The third-order valence-electron chi connectivity index (χ3n) is 4.73. The number of hydrazine groups is 1. The smallest absolute Gasteiger partial charge is 0.306 e. The quantitative estimate of drug-likeness (QED) is 0.423. The molecule has 8 heteroatoms. The Morgan fingerprint density at radius 1 is 0.871 bits per heavy atom. The van der Waals surface area contributed by atoms with Gasteiger partial charge < -0.3 is 10.1 Å². The van der Waals surface area contributed by atoms with Crippen molar-refractivity contribution in [1.29, 1.82) is 0 Å². The molecule has 8 nitrogen and oxygen atoms in total. The van der Waals surface area contributed by atoms with Gasteiger partial charge >= 0.3 is 5.97 Å². The first-order valence-electron chi connectivity index (χ1n) is 10.2. The van der Waals surface area contributed by atoms with Crippen molar-refractivity contribution < 1.29 is 23.9 Å². The third kappa shape index (κ3) is 7.58. The number of hydrogen-bond donors (Lipinski definition) is 3. The van der Waals surface area contributed by atoms with Gasteiger partial charge in [-0.15, -0.1) is 0 Å². The summed E-state index contributed by atoms with van der Waals surface area (Å²) < 4.78 is 5.11. The molecule has 31 heavy (non-hydrogen) atoms. The van der Waals surface area contributed by atoms with Crippen molar-refractivity contribution in [3.63, 3.8) is 0 Å². The van der Waals surface area contributed by atoms with Crippen LogP contribution in [0.15, 0.2) is 54.6 Å². The number of hydrogen-bond acceptors (Lipinski definition) is 5. The Bertz CT molecular complexity index is 924. The Hall–Kier alpha value is -3.68. The van der Waals surface area contributed by atoms with E-state index in [9.17, 15) is 19.2 Å². The van der Waals surface area contributed by atoms with Crippen LogP contribution in [0.4, 0.5) is 5.69 Å². The highest BCUT2D eigenvalue weighted by Gasteiger charge is 2.29. The van der Waals surface area contributed by atoms with Gasteiger partial charge in [0.25, 0.3) is 5.91 Å². The third-order valence-corrected chi connectivity index (χ3v) is 4.73. The second kappa shape index (κ2) is 10.9. The van der Waals surface area contributed by atoms with Crippen LogP contribution in [0.2, 0.25) is 0 Å². The maximum absolute atomic E-state index is 12.1. The van der Waals surface area contributed by atoms with Crippen LogP contribution in [0, 0.1) is 5.92 Å². The van der Waals surface area contributed by atoms with E-state index in [0.29, 0.717) is 17.7 Å².